The zero-order chi connectivity index (χ0) is 21.4. The van der Waals surface area contributed by atoms with E-state index in [1.807, 2.05) is 24.3 Å². The van der Waals surface area contributed by atoms with Crippen LogP contribution in [0.4, 0.5) is 6.01 Å². The van der Waals surface area contributed by atoms with Crippen LogP contribution in [-0.2, 0) is 11.2 Å². The highest BCUT2D eigenvalue weighted by molar-refractivity contribution is 7.18. The molecule has 0 spiro atoms. The number of hydrogen-bond donors (Lipinski definition) is 3. The Balaban J connectivity index is 1.32. The Morgan fingerprint density at radius 3 is 2.74 bits per heavy atom. The predicted octanol–water partition coefficient (Wildman–Crippen LogP) is 2.34. The lowest BCUT2D eigenvalue weighted by Crippen LogP contribution is -2.29. The number of nitrogens with two attached hydrogens (primary N) is 1. The Hall–Kier alpha value is -3.79. The van der Waals surface area contributed by atoms with Crippen molar-refractivity contribution in [1.29, 1.82) is 0 Å². The molecule has 156 valence electrons. The van der Waals surface area contributed by atoms with Gasteiger partial charge in [0.1, 0.15) is 11.0 Å². The lowest BCUT2D eigenvalue weighted by Gasteiger charge is -2.05. The van der Waals surface area contributed by atoms with Crippen LogP contribution in [0.1, 0.15) is 27.7 Å². The fourth-order valence-electron chi connectivity index (χ4n) is 3.45. The van der Waals surface area contributed by atoms with Gasteiger partial charge in [0.15, 0.2) is 0 Å². The molecular formula is C21H18N6O3S. The van der Waals surface area contributed by atoms with Crippen molar-refractivity contribution < 1.29 is 14.0 Å². The first-order valence-electron chi connectivity index (χ1n) is 9.71. The molecule has 1 fully saturated rings. The molecule has 0 bridgehead atoms. The van der Waals surface area contributed by atoms with E-state index < -0.39 is 5.91 Å². The molecule has 2 aromatic heterocycles. The molecule has 1 atom stereocenters. The topological polar surface area (TPSA) is 136 Å². The Bertz CT molecular complexity index is 1280. The van der Waals surface area contributed by atoms with E-state index in [9.17, 15) is 9.59 Å². The van der Waals surface area contributed by atoms with Crippen LogP contribution in [0.2, 0.25) is 0 Å². The second-order valence-electron chi connectivity index (χ2n) is 7.19. The van der Waals surface area contributed by atoms with Crippen molar-refractivity contribution >= 4 is 39.4 Å². The third kappa shape index (κ3) is 3.97. The number of benzene rings is 2. The number of aromatic nitrogens is 3. The first-order chi connectivity index (χ1) is 15.0. The van der Waals surface area contributed by atoms with E-state index in [1.165, 1.54) is 0 Å². The number of nitrogens with zero attached hydrogens (tertiary/aromatic N) is 3. The van der Waals surface area contributed by atoms with Gasteiger partial charge in [-0.15, -0.1) is 16.4 Å². The van der Waals surface area contributed by atoms with Crippen LogP contribution in [0.15, 0.2) is 46.9 Å². The van der Waals surface area contributed by atoms with Crippen LogP contribution in [0, 0.1) is 0 Å². The smallest absolute Gasteiger partial charge is 0.316 e. The monoisotopic (exact) mass is 434 g/mol. The van der Waals surface area contributed by atoms with E-state index >= 15 is 0 Å². The minimum absolute atomic E-state index is 0.0639. The molecule has 0 aliphatic carbocycles. The normalized spacial score (nSPS) is 15.9. The summed E-state index contributed by atoms with van der Waals surface area (Å²) in [6, 6.07) is 13.1. The highest BCUT2D eigenvalue weighted by Gasteiger charge is 2.25. The number of hydrogen-bond acceptors (Lipinski definition) is 8. The van der Waals surface area contributed by atoms with Crippen LogP contribution in [0.25, 0.3) is 21.3 Å². The largest absolute Gasteiger partial charge is 0.408 e. The van der Waals surface area contributed by atoms with E-state index in [2.05, 4.69) is 31.9 Å². The number of carbonyl (C=O) groups excluding carboxylic acids is 2. The Morgan fingerprint density at radius 1 is 1.19 bits per heavy atom. The Kier molecular flexibility index (Phi) is 4.83. The molecule has 0 saturated carbocycles. The van der Waals surface area contributed by atoms with Gasteiger partial charge in [-0.1, -0.05) is 23.3 Å². The predicted molar refractivity (Wildman–Crippen MR) is 116 cm³/mol. The molecule has 4 aromatic rings. The number of carbonyl (C=O) groups is 2. The van der Waals surface area contributed by atoms with Crippen molar-refractivity contribution in [2.24, 2.45) is 5.73 Å². The summed E-state index contributed by atoms with van der Waals surface area (Å²) in [4.78, 5) is 27.6. The third-order valence-corrected chi connectivity index (χ3v) is 6.07. The molecule has 10 heteroatoms. The average Bonchev–Trinajstić information content (AvgIpc) is 3.48. The van der Waals surface area contributed by atoms with Crippen molar-refractivity contribution in [3.8, 4) is 11.1 Å². The standard InChI is InChI=1S/C21H18N6O3S/c22-19(28)12-3-1-11(2-4-12)13-5-6-14-16(9-13)31-18(24-14)10-17-26-27-21(30-17)25-15-7-8-23-20(15)29/h1-6,9,15H,7-8,10H2,(H2,22,28)(H,23,29)(H,25,27)/t15-/m0/s1. The van der Waals surface area contributed by atoms with Crippen LogP contribution in [0.5, 0.6) is 0 Å². The molecule has 2 amide bonds. The molecule has 3 heterocycles. The molecule has 5 rings (SSSR count). The summed E-state index contributed by atoms with van der Waals surface area (Å²) < 4.78 is 6.67. The number of thiazole rings is 1. The van der Waals surface area contributed by atoms with Crippen molar-refractivity contribution in [3.63, 3.8) is 0 Å². The minimum Gasteiger partial charge on any atom is -0.408 e. The molecule has 0 radical (unpaired) electrons. The van der Waals surface area contributed by atoms with Gasteiger partial charge in [-0.05, 0) is 41.8 Å². The zero-order valence-electron chi connectivity index (χ0n) is 16.3. The SMILES string of the molecule is NC(=O)c1ccc(-c2ccc3nc(Cc4nnc(N[C@H]5CCNC5=O)o4)sc3c2)cc1. The maximum atomic E-state index is 11.7. The van der Waals surface area contributed by atoms with Gasteiger partial charge in [-0.2, -0.15) is 0 Å². The molecule has 1 saturated heterocycles. The van der Waals surface area contributed by atoms with E-state index in [4.69, 9.17) is 10.2 Å². The maximum Gasteiger partial charge on any atom is 0.316 e. The highest BCUT2D eigenvalue weighted by Crippen LogP contribution is 2.29. The lowest BCUT2D eigenvalue weighted by molar-refractivity contribution is -0.119. The van der Waals surface area contributed by atoms with Gasteiger partial charge < -0.3 is 20.8 Å². The van der Waals surface area contributed by atoms with Gasteiger partial charge >= 0.3 is 6.01 Å². The molecular weight excluding hydrogens is 416 g/mol. The minimum atomic E-state index is -0.444. The zero-order valence-corrected chi connectivity index (χ0v) is 17.1. The van der Waals surface area contributed by atoms with Crippen LogP contribution >= 0.6 is 11.3 Å². The second kappa shape index (κ2) is 7.80. The molecule has 2 aromatic carbocycles. The van der Waals surface area contributed by atoms with Crippen LogP contribution in [-0.4, -0.2) is 39.6 Å². The van der Waals surface area contributed by atoms with Gasteiger partial charge in [0, 0.05) is 12.1 Å². The third-order valence-electron chi connectivity index (χ3n) is 5.05. The first kappa shape index (κ1) is 19.2. The molecule has 4 N–H and O–H groups in total. The second-order valence-corrected chi connectivity index (χ2v) is 8.30. The van der Waals surface area contributed by atoms with E-state index in [1.54, 1.807) is 23.5 Å². The quantitative estimate of drug-likeness (QED) is 0.424. The van der Waals surface area contributed by atoms with Gasteiger partial charge in [0.05, 0.1) is 16.6 Å². The summed E-state index contributed by atoms with van der Waals surface area (Å²) in [7, 11) is 0. The number of anilines is 1. The van der Waals surface area contributed by atoms with E-state index in [-0.39, 0.29) is 18.0 Å². The van der Waals surface area contributed by atoms with Gasteiger partial charge in [-0.3, -0.25) is 9.59 Å². The number of fused-ring (bicyclic) bond motifs is 1. The van der Waals surface area contributed by atoms with Crippen LogP contribution < -0.4 is 16.4 Å². The Labute approximate surface area is 180 Å². The first-order valence-corrected chi connectivity index (χ1v) is 10.5. The van der Waals surface area contributed by atoms with Crippen molar-refractivity contribution in [2.45, 2.75) is 18.9 Å². The summed E-state index contributed by atoms with van der Waals surface area (Å²) in [6.07, 6.45) is 1.09. The fraction of sp³-hybridized carbons (Fsp3) is 0.190. The highest BCUT2D eigenvalue weighted by atomic mass is 32.1. The van der Waals surface area contributed by atoms with Crippen molar-refractivity contribution in [2.75, 3.05) is 11.9 Å². The number of primary amides is 1. The number of amides is 2. The average molecular weight is 434 g/mol. The van der Waals surface area contributed by atoms with Gasteiger partial charge in [-0.25, -0.2) is 4.98 Å². The molecule has 1 aliphatic heterocycles. The fourth-order valence-corrected chi connectivity index (χ4v) is 4.45. The van der Waals surface area contributed by atoms with Crippen molar-refractivity contribution in [1.82, 2.24) is 20.5 Å². The van der Waals surface area contributed by atoms with Gasteiger partial charge in [0.25, 0.3) is 0 Å². The number of nitrogens with one attached hydrogen (secondary N) is 2. The summed E-state index contributed by atoms with van der Waals surface area (Å²) in [6.45, 7) is 0.639. The molecule has 1 aliphatic rings. The maximum absolute atomic E-state index is 11.7. The van der Waals surface area contributed by atoms with Crippen molar-refractivity contribution in [3.05, 3.63) is 58.9 Å². The summed E-state index contributed by atoms with van der Waals surface area (Å²) in [5, 5.41) is 14.6. The molecule has 31 heavy (non-hydrogen) atoms. The summed E-state index contributed by atoms with van der Waals surface area (Å²) in [5.41, 5.74) is 8.69. The summed E-state index contributed by atoms with van der Waals surface area (Å²) >= 11 is 1.55. The van der Waals surface area contributed by atoms with E-state index in [0.29, 0.717) is 30.8 Å². The molecule has 9 nitrogen and oxygen atoms in total. The number of rotatable bonds is 6. The summed E-state index contributed by atoms with van der Waals surface area (Å²) in [5.74, 6) is -0.0757. The lowest BCUT2D eigenvalue weighted by atomic mass is 10.0. The van der Waals surface area contributed by atoms with Crippen LogP contribution in [0.3, 0.4) is 0 Å². The van der Waals surface area contributed by atoms with Gasteiger partial charge in [0.2, 0.25) is 17.7 Å². The molecule has 0 unspecified atom stereocenters. The van der Waals surface area contributed by atoms with E-state index in [0.717, 1.165) is 26.4 Å². The Morgan fingerprint density at radius 2 is 2.00 bits per heavy atom.